The van der Waals surface area contributed by atoms with Crippen LogP contribution in [-0.2, 0) is 10.8 Å². The van der Waals surface area contributed by atoms with Crippen molar-refractivity contribution in [1.29, 1.82) is 0 Å². The van der Waals surface area contributed by atoms with Crippen molar-refractivity contribution in [3.8, 4) is 16.8 Å². The van der Waals surface area contributed by atoms with E-state index in [2.05, 4.69) is 112 Å². The van der Waals surface area contributed by atoms with Gasteiger partial charge < -0.3 is 8.98 Å². The summed E-state index contributed by atoms with van der Waals surface area (Å²) in [4.78, 5) is 13.6. The van der Waals surface area contributed by atoms with Gasteiger partial charge in [-0.1, -0.05) is 83.1 Å². The molecule has 2 heterocycles. The normalized spacial score (nSPS) is 14.3. The van der Waals surface area contributed by atoms with E-state index in [-0.39, 0.29) is 16.3 Å². The van der Waals surface area contributed by atoms with Gasteiger partial charge in [-0.3, -0.25) is 4.79 Å². The van der Waals surface area contributed by atoms with Crippen molar-refractivity contribution in [2.75, 3.05) is 0 Å². The predicted octanol–water partition coefficient (Wildman–Crippen LogP) is 9.65. The molecular weight excluding hydrogens is 502 g/mol. The van der Waals surface area contributed by atoms with Crippen molar-refractivity contribution in [1.82, 2.24) is 4.57 Å². The topological polar surface area (TPSA) is 35.1 Å². The van der Waals surface area contributed by atoms with Gasteiger partial charge in [0.2, 0.25) is 5.43 Å². The maximum atomic E-state index is 13.6. The first-order valence-electron chi connectivity index (χ1n) is 14.3. The third-order valence-corrected chi connectivity index (χ3v) is 9.15. The maximum Gasteiger partial charge on any atom is 0.200 e. The summed E-state index contributed by atoms with van der Waals surface area (Å²) in [7, 11) is 0. The largest absolute Gasteiger partial charge is 0.456 e. The van der Waals surface area contributed by atoms with Crippen LogP contribution in [0.2, 0.25) is 0 Å². The Morgan fingerprint density at radius 3 is 2.24 bits per heavy atom. The number of hydrogen-bond donors (Lipinski definition) is 0. The third-order valence-electron chi connectivity index (χ3n) is 9.15. The second kappa shape index (κ2) is 7.98. The van der Waals surface area contributed by atoms with Crippen molar-refractivity contribution in [2.24, 2.45) is 0 Å². The lowest BCUT2D eigenvalue weighted by molar-refractivity contribution is 0.590. The van der Waals surface area contributed by atoms with Crippen molar-refractivity contribution in [3.63, 3.8) is 0 Å². The summed E-state index contributed by atoms with van der Waals surface area (Å²) in [6.45, 7) is 11.1. The first-order chi connectivity index (χ1) is 19.6. The predicted molar refractivity (Wildman–Crippen MR) is 171 cm³/mol. The van der Waals surface area contributed by atoms with Crippen LogP contribution in [-0.4, -0.2) is 4.57 Å². The molecule has 5 aromatic carbocycles. The van der Waals surface area contributed by atoms with E-state index in [1.165, 1.54) is 33.0 Å². The minimum absolute atomic E-state index is 0.0125. The molecule has 0 saturated heterocycles. The number of rotatable bonds is 1. The Bertz CT molecular complexity index is 2290. The molecule has 2 aromatic heterocycles. The highest BCUT2D eigenvalue weighted by atomic mass is 16.3. The molecule has 7 aromatic rings. The molecule has 0 atom stereocenters. The number of para-hydroxylation sites is 1. The van der Waals surface area contributed by atoms with Gasteiger partial charge >= 0.3 is 0 Å². The summed E-state index contributed by atoms with van der Waals surface area (Å²) < 4.78 is 8.71. The Morgan fingerprint density at radius 1 is 0.634 bits per heavy atom. The first-order valence-corrected chi connectivity index (χ1v) is 14.3. The van der Waals surface area contributed by atoms with E-state index in [0.717, 1.165) is 22.3 Å². The lowest BCUT2D eigenvalue weighted by Crippen LogP contribution is -2.15. The molecule has 0 N–H and O–H groups in total. The van der Waals surface area contributed by atoms with E-state index >= 15 is 0 Å². The highest BCUT2D eigenvalue weighted by molar-refractivity contribution is 6.11. The van der Waals surface area contributed by atoms with Gasteiger partial charge in [-0.2, -0.15) is 0 Å². The summed E-state index contributed by atoms with van der Waals surface area (Å²) >= 11 is 0. The fraction of sp³-hybridized carbons (Fsp3) is 0.184. The van der Waals surface area contributed by atoms with Gasteiger partial charge in [-0.15, -0.1) is 0 Å². The Balaban J connectivity index is 1.40. The van der Waals surface area contributed by atoms with Gasteiger partial charge in [0, 0.05) is 27.9 Å². The molecule has 0 radical (unpaired) electrons. The molecule has 3 heteroatoms. The number of aromatic nitrogens is 1. The van der Waals surface area contributed by atoms with Crippen molar-refractivity contribution < 1.29 is 4.42 Å². The van der Waals surface area contributed by atoms with Gasteiger partial charge in [0.15, 0.2) is 0 Å². The Hall–Kier alpha value is -4.63. The van der Waals surface area contributed by atoms with Crippen LogP contribution < -0.4 is 5.43 Å². The molecule has 200 valence electrons. The third kappa shape index (κ3) is 3.29. The standard InChI is InChI=1S/C38H31NO2/c1-37(2,3)22-14-17-34-29(18-22)36(40)26-16-15-23(19-35(26)41-34)39-32-13-9-7-11-25(32)28-20-27-24-10-6-8-12-30(24)38(4,5)31(27)21-33(28)39/h6-21H,1-5H3. The molecule has 1 aliphatic carbocycles. The highest BCUT2D eigenvalue weighted by Crippen LogP contribution is 2.51. The summed E-state index contributed by atoms with van der Waals surface area (Å²) in [6.07, 6.45) is 0. The van der Waals surface area contributed by atoms with E-state index in [0.29, 0.717) is 21.9 Å². The lowest BCUT2D eigenvalue weighted by atomic mass is 9.82. The molecule has 8 rings (SSSR count). The van der Waals surface area contributed by atoms with Crippen LogP contribution in [0.5, 0.6) is 0 Å². The van der Waals surface area contributed by atoms with Crippen LogP contribution in [0.25, 0.3) is 60.6 Å². The van der Waals surface area contributed by atoms with E-state index < -0.39 is 0 Å². The monoisotopic (exact) mass is 533 g/mol. The lowest BCUT2D eigenvalue weighted by Gasteiger charge is -2.21. The fourth-order valence-corrected chi connectivity index (χ4v) is 6.89. The van der Waals surface area contributed by atoms with E-state index in [4.69, 9.17) is 4.42 Å². The molecule has 3 nitrogen and oxygen atoms in total. The van der Waals surface area contributed by atoms with Crippen LogP contribution in [0, 0.1) is 0 Å². The molecule has 0 spiro atoms. The quantitative estimate of drug-likeness (QED) is 0.197. The highest BCUT2D eigenvalue weighted by Gasteiger charge is 2.36. The SMILES string of the molecule is CC(C)(C)c1ccc2oc3cc(-n4c5ccccc5c5cc6c(cc54)C(C)(C)c4ccccc4-6)ccc3c(=O)c2c1. The van der Waals surface area contributed by atoms with Crippen LogP contribution >= 0.6 is 0 Å². The molecule has 0 unspecified atom stereocenters. The average molecular weight is 534 g/mol. The van der Waals surface area contributed by atoms with Crippen molar-refractivity contribution >= 4 is 43.7 Å². The Morgan fingerprint density at radius 2 is 1.41 bits per heavy atom. The van der Waals surface area contributed by atoms with Crippen LogP contribution in [0.1, 0.15) is 51.3 Å². The second-order valence-electron chi connectivity index (χ2n) is 13.0. The number of hydrogen-bond acceptors (Lipinski definition) is 2. The van der Waals surface area contributed by atoms with Gasteiger partial charge in [0.05, 0.1) is 21.8 Å². The second-order valence-corrected chi connectivity index (χ2v) is 13.0. The van der Waals surface area contributed by atoms with Gasteiger partial charge in [-0.25, -0.2) is 0 Å². The maximum absolute atomic E-state index is 13.6. The summed E-state index contributed by atoms with van der Waals surface area (Å²) in [6, 6.07) is 34.1. The Kier molecular flexibility index (Phi) is 4.71. The zero-order chi connectivity index (χ0) is 28.3. The van der Waals surface area contributed by atoms with Crippen LogP contribution in [0.15, 0.2) is 106 Å². The minimum Gasteiger partial charge on any atom is -0.456 e. The zero-order valence-electron chi connectivity index (χ0n) is 24.0. The molecule has 0 fully saturated rings. The number of fused-ring (bicyclic) bond motifs is 8. The summed E-state index contributed by atoms with van der Waals surface area (Å²) in [5.41, 5.74) is 10.8. The zero-order valence-corrected chi connectivity index (χ0v) is 24.0. The van der Waals surface area contributed by atoms with Crippen molar-refractivity contribution in [2.45, 2.75) is 45.4 Å². The van der Waals surface area contributed by atoms with E-state index in [1.807, 2.05) is 24.3 Å². The minimum atomic E-state index is -0.0948. The first kappa shape index (κ1) is 24.2. The molecule has 0 bridgehead atoms. The summed E-state index contributed by atoms with van der Waals surface area (Å²) in [5, 5.41) is 3.67. The fourth-order valence-electron chi connectivity index (χ4n) is 6.89. The van der Waals surface area contributed by atoms with Crippen LogP contribution in [0.3, 0.4) is 0 Å². The molecule has 0 amide bonds. The Labute approximate surface area is 238 Å². The molecule has 41 heavy (non-hydrogen) atoms. The van der Waals surface area contributed by atoms with Crippen molar-refractivity contribution in [3.05, 3.63) is 124 Å². The number of nitrogens with zero attached hydrogens (tertiary/aromatic N) is 1. The molecular formula is C38H31NO2. The molecule has 0 saturated carbocycles. The van der Waals surface area contributed by atoms with Crippen LogP contribution in [0.4, 0.5) is 0 Å². The summed E-state index contributed by atoms with van der Waals surface area (Å²) in [5.74, 6) is 0. The number of benzene rings is 5. The van der Waals surface area contributed by atoms with E-state index in [9.17, 15) is 4.79 Å². The van der Waals surface area contributed by atoms with E-state index in [1.54, 1.807) is 0 Å². The molecule has 0 aliphatic heterocycles. The smallest absolute Gasteiger partial charge is 0.200 e. The van der Waals surface area contributed by atoms with Gasteiger partial charge in [0.1, 0.15) is 11.2 Å². The van der Waals surface area contributed by atoms with Gasteiger partial charge in [0.25, 0.3) is 0 Å². The average Bonchev–Trinajstić information content (AvgIpc) is 3.40. The molecule has 1 aliphatic rings. The van der Waals surface area contributed by atoms with Gasteiger partial charge in [-0.05, 0) is 75.7 Å².